The predicted molar refractivity (Wildman–Crippen MR) is 106 cm³/mol. The van der Waals surface area contributed by atoms with E-state index in [4.69, 9.17) is 10.7 Å². The summed E-state index contributed by atoms with van der Waals surface area (Å²) in [6.07, 6.45) is 2.73. The Balaban J connectivity index is 0.000000342. The first kappa shape index (κ1) is 23.8. The molecule has 1 N–H and O–H groups in total. The fraction of sp³-hybridized carbons (Fsp3) is 0.150. The standard InChI is InChI=1S/C12H10ClN2O2S.C8H9.Y/c13-18(16,17)9-10-4-3-5-11(8-10)15-12-6-1-2-7-14-12;1-2-8-6-4-3-5-7-8;/h2-8H,9H2,(H,14,15);3-4,6-7H,2H2,1H3;/q2*-1;. The second-order valence-electron chi connectivity index (χ2n) is 5.41. The van der Waals surface area contributed by atoms with Crippen molar-refractivity contribution >= 4 is 31.2 Å². The molecule has 1 radical (unpaired) electrons. The van der Waals surface area contributed by atoms with E-state index in [1.807, 2.05) is 24.3 Å². The van der Waals surface area contributed by atoms with E-state index in [0.29, 0.717) is 11.4 Å². The fourth-order valence-electron chi connectivity index (χ4n) is 2.13. The van der Waals surface area contributed by atoms with Crippen molar-refractivity contribution in [3.8, 4) is 0 Å². The molecule has 7 heteroatoms. The van der Waals surface area contributed by atoms with Crippen LogP contribution in [-0.4, -0.2) is 13.4 Å². The van der Waals surface area contributed by atoms with Gasteiger partial charge in [-0.1, -0.05) is 31.7 Å². The third-order valence-electron chi connectivity index (χ3n) is 3.32. The second-order valence-corrected chi connectivity index (χ2v) is 8.19. The van der Waals surface area contributed by atoms with Crippen molar-refractivity contribution in [1.29, 1.82) is 0 Å². The van der Waals surface area contributed by atoms with Crippen LogP contribution in [0.1, 0.15) is 18.1 Å². The Kier molecular flexibility index (Phi) is 10.8. The summed E-state index contributed by atoms with van der Waals surface area (Å²) in [5.74, 6) is 0.446. The predicted octanol–water partition coefficient (Wildman–Crippen LogP) is 4.74. The zero-order valence-corrected chi connectivity index (χ0v) is 19.3. The molecule has 0 aliphatic rings. The van der Waals surface area contributed by atoms with Crippen LogP contribution in [-0.2, 0) is 53.9 Å². The van der Waals surface area contributed by atoms with E-state index < -0.39 is 9.05 Å². The number of halogens is 1. The SMILES string of the molecule is CCc1c[c-]ccc1.O=S(=O)(Cl)Cc1cccc(Nc2c[c-]ccn2)c1.[Y]. The molecule has 27 heavy (non-hydrogen) atoms. The van der Waals surface area contributed by atoms with Crippen molar-refractivity contribution in [1.82, 2.24) is 4.98 Å². The van der Waals surface area contributed by atoms with Gasteiger partial charge in [-0.15, -0.1) is 6.07 Å². The summed E-state index contributed by atoms with van der Waals surface area (Å²) in [7, 11) is 1.67. The Labute approximate surface area is 190 Å². The molecule has 0 aliphatic heterocycles. The van der Waals surface area contributed by atoms with E-state index in [1.54, 1.807) is 36.5 Å². The van der Waals surface area contributed by atoms with Gasteiger partial charge in [0.25, 0.3) is 0 Å². The number of hydrogen-bond donors (Lipinski definition) is 1. The molecular formula is C20H19ClN2O2SY-2. The number of rotatable bonds is 5. The van der Waals surface area contributed by atoms with E-state index in [-0.39, 0.29) is 38.5 Å². The molecule has 0 fully saturated rings. The van der Waals surface area contributed by atoms with Crippen LogP contribution >= 0.6 is 10.7 Å². The van der Waals surface area contributed by atoms with Gasteiger partial charge in [0.05, 0.1) is 5.75 Å². The number of anilines is 2. The summed E-state index contributed by atoms with van der Waals surface area (Å²) < 4.78 is 22.0. The molecule has 0 bridgehead atoms. The smallest absolute Gasteiger partial charge is 0.236 e. The van der Waals surface area contributed by atoms with Gasteiger partial charge in [0.15, 0.2) is 0 Å². The van der Waals surface area contributed by atoms with E-state index in [2.05, 4.69) is 35.4 Å². The maximum Gasteiger partial charge on any atom is 0.236 e. The normalized spacial score (nSPS) is 10.1. The van der Waals surface area contributed by atoms with Crippen LogP contribution in [0.2, 0.25) is 0 Å². The topological polar surface area (TPSA) is 59.1 Å². The zero-order chi connectivity index (χ0) is 18.8. The second kappa shape index (κ2) is 12.2. The van der Waals surface area contributed by atoms with Crippen LogP contribution in [0.4, 0.5) is 11.5 Å². The average molecular weight is 476 g/mol. The molecule has 3 aromatic rings. The van der Waals surface area contributed by atoms with Crippen LogP contribution in [0.5, 0.6) is 0 Å². The van der Waals surface area contributed by atoms with Crippen LogP contribution in [0.15, 0.2) is 66.9 Å². The summed E-state index contributed by atoms with van der Waals surface area (Å²) in [6.45, 7) is 2.14. The van der Waals surface area contributed by atoms with Gasteiger partial charge in [0.2, 0.25) is 9.05 Å². The van der Waals surface area contributed by atoms with Gasteiger partial charge in [-0.3, -0.25) is 0 Å². The quantitative estimate of drug-likeness (QED) is 0.428. The molecule has 0 atom stereocenters. The molecule has 1 aromatic heterocycles. The summed E-state index contributed by atoms with van der Waals surface area (Å²) in [4.78, 5) is 4.09. The van der Waals surface area contributed by atoms with E-state index >= 15 is 0 Å². The number of nitrogens with zero attached hydrogens (tertiary/aromatic N) is 1. The van der Waals surface area contributed by atoms with E-state index in [0.717, 1.165) is 12.1 Å². The summed E-state index contributed by atoms with van der Waals surface area (Å²) >= 11 is 0. The Morgan fingerprint density at radius 2 is 1.81 bits per heavy atom. The first-order valence-corrected chi connectivity index (χ1v) is 10.5. The molecule has 1 heterocycles. The fourth-order valence-corrected chi connectivity index (χ4v) is 3.09. The third kappa shape index (κ3) is 10.0. The first-order valence-electron chi connectivity index (χ1n) is 8.01. The Bertz CT molecular complexity index is 908. The monoisotopic (exact) mass is 475 g/mol. The zero-order valence-electron chi connectivity index (χ0n) is 14.9. The number of benzene rings is 2. The molecule has 0 spiro atoms. The average Bonchev–Trinajstić information content (AvgIpc) is 2.63. The molecule has 0 saturated carbocycles. The number of aromatic nitrogens is 1. The summed E-state index contributed by atoms with van der Waals surface area (Å²) in [5, 5.41) is 3.05. The van der Waals surface area contributed by atoms with E-state index in [1.165, 1.54) is 5.56 Å². The van der Waals surface area contributed by atoms with Crippen molar-refractivity contribution in [3.05, 3.63) is 90.1 Å². The van der Waals surface area contributed by atoms with Gasteiger partial charge in [-0.25, -0.2) is 8.42 Å². The number of hydrogen-bond acceptors (Lipinski definition) is 4. The number of aryl methyl sites for hydroxylation is 1. The van der Waals surface area contributed by atoms with Crippen molar-refractivity contribution in [3.63, 3.8) is 0 Å². The van der Waals surface area contributed by atoms with Gasteiger partial charge in [0.1, 0.15) is 0 Å². The van der Waals surface area contributed by atoms with Crippen LogP contribution in [0.25, 0.3) is 0 Å². The van der Waals surface area contributed by atoms with Crippen LogP contribution in [0.3, 0.4) is 0 Å². The Morgan fingerprint density at radius 3 is 2.37 bits per heavy atom. The van der Waals surface area contributed by atoms with Crippen molar-refractivity contribution in [2.75, 3.05) is 5.32 Å². The Hall–Kier alpha value is -1.27. The van der Waals surface area contributed by atoms with Gasteiger partial charge >= 0.3 is 0 Å². The molecule has 0 aliphatic carbocycles. The first-order chi connectivity index (χ1) is 12.5. The van der Waals surface area contributed by atoms with Crippen molar-refractivity contribution in [2.45, 2.75) is 19.1 Å². The molecule has 0 amide bonds. The van der Waals surface area contributed by atoms with E-state index in [9.17, 15) is 8.42 Å². The van der Waals surface area contributed by atoms with Gasteiger partial charge < -0.3 is 10.3 Å². The van der Waals surface area contributed by atoms with Gasteiger partial charge in [-0.05, 0) is 17.7 Å². The molecule has 139 valence electrons. The van der Waals surface area contributed by atoms with Gasteiger partial charge in [-0.2, -0.15) is 48.0 Å². The number of nitrogens with one attached hydrogen (secondary N) is 1. The molecule has 4 nitrogen and oxygen atoms in total. The molecule has 0 saturated heterocycles. The summed E-state index contributed by atoms with van der Waals surface area (Å²) in [6, 6.07) is 24.3. The van der Waals surface area contributed by atoms with Crippen LogP contribution < -0.4 is 5.32 Å². The minimum atomic E-state index is -3.54. The largest absolute Gasteiger partial charge is 0.393 e. The maximum atomic E-state index is 11.0. The number of pyridine rings is 1. The van der Waals surface area contributed by atoms with Gasteiger partial charge in [0, 0.05) is 54.9 Å². The molecule has 3 rings (SSSR count). The molecule has 0 unspecified atom stereocenters. The minimum Gasteiger partial charge on any atom is -0.393 e. The van der Waals surface area contributed by atoms with Crippen LogP contribution in [0, 0.1) is 12.1 Å². The minimum absolute atomic E-state index is 0. The van der Waals surface area contributed by atoms with Crippen molar-refractivity contribution < 1.29 is 41.1 Å². The van der Waals surface area contributed by atoms with Crippen molar-refractivity contribution in [2.24, 2.45) is 0 Å². The maximum absolute atomic E-state index is 11.0. The summed E-state index contributed by atoms with van der Waals surface area (Å²) in [5.41, 5.74) is 2.72. The molecule has 2 aromatic carbocycles. The molecular weight excluding hydrogens is 457 g/mol. The Morgan fingerprint density at radius 1 is 1.07 bits per heavy atom. The third-order valence-corrected chi connectivity index (χ3v) is 4.33.